The highest BCUT2D eigenvalue weighted by Crippen LogP contribution is 2.30. The van der Waals surface area contributed by atoms with Crippen molar-refractivity contribution in [3.63, 3.8) is 0 Å². The average molecular weight is 291 g/mol. The molecule has 0 aliphatic carbocycles. The number of rotatable bonds is 3. The number of benzene rings is 2. The van der Waals surface area contributed by atoms with E-state index in [4.69, 9.17) is 0 Å². The van der Waals surface area contributed by atoms with Crippen LogP contribution in [0.1, 0.15) is 11.4 Å². The van der Waals surface area contributed by atoms with Crippen molar-refractivity contribution in [3.05, 3.63) is 59.9 Å². The summed E-state index contributed by atoms with van der Waals surface area (Å²) in [5.74, 6) is 0.675. The van der Waals surface area contributed by atoms with Crippen LogP contribution in [0.4, 0.5) is 18.9 Å². The molecular weight excluding hydrogens is 279 g/mol. The highest BCUT2D eigenvalue weighted by atomic mass is 19.4. The van der Waals surface area contributed by atoms with Crippen LogP contribution in [0.3, 0.4) is 0 Å². The number of halogens is 3. The van der Waals surface area contributed by atoms with E-state index in [-0.39, 0.29) is 0 Å². The quantitative estimate of drug-likeness (QED) is 0.759. The van der Waals surface area contributed by atoms with Crippen molar-refractivity contribution in [2.24, 2.45) is 0 Å². The van der Waals surface area contributed by atoms with Crippen LogP contribution in [0.25, 0.3) is 11.0 Å². The van der Waals surface area contributed by atoms with Crippen LogP contribution < -0.4 is 5.32 Å². The molecule has 1 aromatic heterocycles. The number of para-hydroxylation sites is 2. The summed E-state index contributed by atoms with van der Waals surface area (Å²) in [7, 11) is 0. The molecule has 0 amide bonds. The molecule has 1 heterocycles. The molecule has 2 N–H and O–H groups in total. The molecular formula is C15H12F3N3. The van der Waals surface area contributed by atoms with E-state index in [0.29, 0.717) is 18.1 Å². The van der Waals surface area contributed by atoms with Gasteiger partial charge in [-0.2, -0.15) is 13.2 Å². The Kier molecular flexibility index (Phi) is 3.29. The number of fused-ring (bicyclic) bond motifs is 1. The summed E-state index contributed by atoms with van der Waals surface area (Å²) in [4.78, 5) is 7.47. The zero-order chi connectivity index (χ0) is 14.9. The first-order chi connectivity index (χ1) is 10.0. The predicted octanol–water partition coefficient (Wildman–Crippen LogP) is 4.19. The van der Waals surface area contributed by atoms with Gasteiger partial charge >= 0.3 is 6.18 Å². The fraction of sp³-hybridized carbons (Fsp3) is 0.133. The fourth-order valence-corrected chi connectivity index (χ4v) is 2.08. The lowest BCUT2D eigenvalue weighted by Crippen LogP contribution is -2.06. The molecule has 0 fully saturated rings. The van der Waals surface area contributed by atoms with Crippen LogP contribution in [0.5, 0.6) is 0 Å². The lowest BCUT2D eigenvalue weighted by molar-refractivity contribution is -0.137. The predicted molar refractivity (Wildman–Crippen MR) is 74.9 cm³/mol. The van der Waals surface area contributed by atoms with Gasteiger partial charge in [0.1, 0.15) is 5.82 Å². The Morgan fingerprint density at radius 2 is 1.86 bits per heavy atom. The molecule has 0 saturated heterocycles. The van der Waals surface area contributed by atoms with Crippen LogP contribution in [-0.4, -0.2) is 9.97 Å². The lowest BCUT2D eigenvalue weighted by Gasteiger charge is -2.09. The number of hydrogen-bond acceptors (Lipinski definition) is 2. The summed E-state index contributed by atoms with van der Waals surface area (Å²) in [5.41, 5.74) is 1.47. The Labute approximate surface area is 118 Å². The van der Waals surface area contributed by atoms with E-state index in [0.717, 1.165) is 23.2 Å². The molecule has 6 heteroatoms. The van der Waals surface area contributed by atoms with Crippen LogP contribution in [0.15, 0.2) is 48.5 Å². The van der Waals surface area contributed by atoms with Crippen molar-refractivity contribution in [1.29, 1.82) is 0 Å². The summed E-state index contributed by atoms with van der Waals surface area (Å²) in [6.45, 7) is 0.329. The maximum absolute atomic E-state index is 12.6. The van der Waals surface area contributed by atoms with E-state index in [1.54, 1.807) is 6.07 Å². The third kappa shape index (κ3) is 2.99. The summed E-state index contributed by atoms with van der Waals surface area (Å²) in [6.07, 6.45) is -4.34. The first-order valence-corrected chi connectivity index (χ1v) is 6.37. The maximum atomic E-state index is 12.6. The van der Waals surface area contributed by atoms with Crippen LogP contribution in [0.2, 0.25) is 0 Å². The molecule has 0 aliphatic rings. The van der Waals surface area contributed by atoms with Gasteiger partial charge in [-0.15, -0.1) is 0 Å². The summed E-state index contributed by atoms with van der Waals surface area (Å²) in [5, 5.41) is 2.94. The van der Waals surface area contributed by atoms with Gasteiger partial charge in [0.25, 0.3) is 0 Å². The lowest BCUT2D eigenvalue weighted by atomic mass is 10.2. The van der Waals surface area contributed by atoms with Gasteiger partial charge in [0.05, 0.1) is 23.1 Å². The van der Waals surface area contributed by atoms with Gasteiger partial charge in [-0.05, 0) is 30.3 Å². The van der Waals surface area contributed by atoms with Gasteiger partial charge in [-0.1, -0.05) is 18.2 Å². The van der Waals surface area contributed by atoms with Gasteiger partial charge in [-0.3, -0.25) is 0 Å². The number of anilines is 1. The van der Waals surface area contributed by atoms with Gasteiger partial charge in [-0.25, -0.2) is 4.98 Å². The highest BCUT2D eigenvalue weighted by Gasteiger charge is 2.30. The number of nitrogens with one attached hydrogen (secondary N) is 2. The Morgan fingerprint density at radius 3 is 2.62 bits per heavy atom. The molecule has 3 aromatic rings. The normalized spacial score (nSPS) is 11.8. The van der Waals surface area contributed by atoms with Gasteiger partial charge in [0.2, 0.25) is 0 Å². The molecule has 3 nitrogen and oxygen atoms in total. The van der Waals surface area contributed by atoms with Crippen LogP contribution in [0, 0.1) is 0 Å². The number of imidazole rings is 1. The van der Waals surface area contributed by atoms with Gasteiger partial charge in [0, 0.05) is 5.69 Å². The van der Waals surface area contributed by atoms with E-state index < -0.39 is 11.7 Å². The summed E-state index contributed by atoms with van der Waals surface area (Å²) >= 11 is 0. The van der Waals surface area contributed by atoms with E-state index in [9.17, 15) is 13.2 Å². The number of H-pyrrole nitrogens is 1. The molecule has 108 valence electrons. The molecule has 2 aromatic carbocycles. The first-order valence-electron chi connectivity index (χ1n) is 6.37. The zero-order valence-electron chi connectivity index (χ0n) is 10.9. The number of aromatic nitrogens is 2. The summed E-state index contributed by atoms with van der Waals surface area (Å²) < 4.78 is 37.9. The van der Waals surface area contributed by atoms with Gasteiger partial charge in [0.15, 0.2) is 0 Å². The SMILES string of the molecule is FC(F)(F)c1cccc(NCc2nc3ccccc3[nH]2)c1. The van der Waals surface area contributed by atoms with Crippen molar-refractivity contribution in [2.75, 3.05) is 5.32 Å². The Morgan fingerprint density at radius 1 is 1.05 bits per heavy atom. The first kappa shape index (κ1) is 13.5. The van der Waals surface area contributed by atoms with Crippen molar-refractivity contribution < 1.29 is 13.2 Å². The second kappa shape index (κ2) is 5.12. The molecule has 0 atom stereocenters. The monoisotopic (exact) mass is 291 g/mol. The van der Waals surface area contributed by atoms with Crippen LogP contribution in [-0.2, 0) is 12.7 Å². The zero-order valence-corrected chi connectivity index (χ0v) is 10.9. The number of nitrogens with zero attached hydrogens (tertiary/aromatic N) is 1. The molecule has 0 radical (unpaired) electrons. The van der Waals surface area contributed by atoms with Crippen molar-refractivity contribution in [1.82, 2.24) is 9.97 Å². The van der Waals surface area contributed by atoms with Crippen LogP contribution >= 0.6 is 0 Å². The smallest absolute Gasteiger partial charge is 0.378 e. The molecule has 0 aliphatic heterocycles. The molecule has 0 bridgehead atoms. The van der Waals surface area contributed by atoms with Crippen molar-refractivity contribution in [3.8, 4) is 0 Å². The maximum Gasteiger partial charge on any atom is 0.416 e. The topological polar surface area (TPSA) is 40.7 Å². The molecule has 0 saturated carbocycles. The Balaban J connectivity index is 1.75. The van der Waals surface area contributed by atoms with Crippen molar-refractivity contribution >= 4 is 16.7 Å². The molecule has 0 spiro atoms. The number of hydrogen-bond donors (Lipinski definition) is 2. The summed E-state index contributed by atoms with van der Waals surface area (Å²) in [6, 6.07) is 12.7. The van der Waals surface area contributed by atoms with E-state index in [2.05, 4.69) is 15.3 Å². The minimum absolute atomic E-state index is 0.329. The van der Waals surface area contributed by atoms with E-state index in [1.165, 1.54) is 6.07 Å². The third-order valence-electron chi connectivity index (χ3n) is 3.09. The number of aromatic amines is 1. The van der Waals surface area contributed by atoms with Gasteiger partial charge < -0.3 is 10.3 Å². The van der Waals surface area contributed by atoms with E-state index >= 15 is 0 Å². The fourth-order valence-electron chi connectivity index (χ4n) is 2.08. The third-order valence-corrected chi connectivity index (χ3v) is 3.09. The standard InChI is InChI=1S/C15H12F3N3/c16-15(17,18)10-4-3-5-11(8-10)19-9-14-20-12-6-1-2-7-13(12)21-14/h1-8,19H,9H2,(H,20,21). The Bertz CT molecular complexity index is 729. The molecule has 0 unspecified atom stereocenters. The second-order valence-electron chi connectivity index (χ2n) is 4.63. The highest BCUT2D eigenvalue weighted by molar-refractivity contribution is 5.74. The minimum Gasteiger partial charge on any atom is -0.378 e. The minimum atomic E-state index is -4.34. The average Bonchev–Trinajstić information content (AvgIpc) is 2.87. The Hall–Kier alpha value is -2.50. The van der Waals surface area contributed by atoms with Crippen molar-refractivity contribution in [2.45, 2.75) is 12.7 Å². The second-order valence-corrected chi connectivity index (χ2v) is 4.63. The molecule has 3 rings (SSSR count). The number of alkyl halides is 3. The van der Waals surface area contributed by atoms with E-state index in [1.807, 2.05) is 24.3 Å². The molecule has 21 heavy (non-hydrogen) atoms. The largest absolute Gasteiger partial charge is 0.416 e.